The number of aliphatic hydroxyl groups is 2. The number of nitrogens with zero attached hydrogens (tertiary/aromatic N) is 2. The molecule has 0 radical (unpaired) electrons. The number of carbonyl (C=O) groups excluding carboxylic acids is 2. The Bertz CT molecular complexity index is 2390. The lowest BCUT2D eigenvalue weighted by molar-refractivity contribution is -0.256. The minimum atomic E-state index is -1.52. The summed E-state index contributed by atoms with van der Waals surface area (Å²) in [4.78, 5) is 34.8. The first kappa shape index (κ1) is 48.5. The maximum Gasteiger partial charge on any atom is 0.410 e. The van der Waals surface area contributed by atoms with E-state index < -0.39 is 29.4 Å². The Morgan fingerprint density at radius 2 is 1.73 bits per heavy atom. The summed E-state index contributed by atoms with van der Waals surface area (Å²) in [5.41, 5.74) is 3.06. The van der Waals surface area contributed by atoms with Gasteiger partial charge in [0.2, 0.25) is 5.79 Å². The fraction of sp³-hybridized carbons (Fsp3) is 0.453. The molecule has 4 aromatic carbocycles. The molecule has 6 atom stereocenters. The van der Waals surface area contributed by atoms with Gasteiger partial charge in [0.15, 0.2) is 6.29 Å². The minimum Gasteiger partial charge on any atom is -0.496 e. The van der Waals surface area contributed by atoms with E-state index in [2.05, 4.69) is 12.7 Å². The van der Waals surface area contributed by atoms with Gasteiger partial charge < -0.3 is 38.7 Å². The first-order valence-corrected chi connectivity index (χ1v) is 23.6. The Hall–Kier alpha value is -5.40. The van der Waals surface area contributed by atoms with Crippen LogP contribution in [-0.2, 0) is 20.9 Å². The average Bonchev–Trinajstić information content (AvgIpc) is 3.32. The van der Waals surface area contributed by atoms with Gasteiger partial charge in [-0.3, -0.25) is 9.69 Å². The second kappa shape index (κ2) is 21.9. The van der Waals surface area contributed by atoms with Crippen molar-refractivity contribution in [1.29, 1.82) is 0 Å². The number of methoxy groups -OCH3 is 1. The van der Waals surface area contributed by atoms with Crippen LogP contribution in [0.15, 0.2) is 108 Å². The third kappa shape index (κ3) is 10.6. The lowest BCUT2D eigenvalue weighted by Crippen LogP contribution is -2.70. The molecule has 66 heavy (non-hydrogen) atoms. The van der Waals surface area contributed by atoms with Crippen LogP contribution in [0.2, 0.25) is 0 Å². The van der Waals surface area contributed by atoms with Gasteiger partial charge in [-0.05, 0) is 117 Å². The summed E-state index contributed by atoms with van der Waals surface area (Å²) in [6.07, 6.45) is 8.70. The number of oxime groups is 1. The Kier molecular flexibility index (Phi) is 16.1. The van der Waals surface area contributed by atoms with Gasteiger partial charge in [0.25, 0.3) is 0 Å². The van der Waals surface area contributed by atoms with E-state index in [1.54, 1.807) is 29.2 Å². The molecule has 0 bridgehead atoms. The standard InChI is InChI=1S/C53H63ClN2O10/c1-6-27-63-53-48(56(51(60)62-28-24-54)33-37-17-13-16-35-14-7-8-18-41(35)37)32-45(55-66-52(2,3)4)43-30-36(15-9-11-25-57)42(19-10-12-26-58)49(50(43)53)44-31-40(21-23-47(44)65-53)64-39-20-22-46(61-5)38(29-39)34-59/h6-8,13-14,16-18,20-23,29-31,34,36,42,48-50,57-58H,1,9-12,15,19,24-28,32-33H2,2-5H3. The van der Waals surface area contributed by atoms with Gasteiger partial charge in [0.1, 0.15) is 41.2 Å². The number of hydrogen-bond donors (Lipinski definition) is 2. The Morgan fingerprint density at radius 3 is 2.45 bits per heavy atom. The molecule has 1 heterocycles. The molecule has 1 saturated carbocycles. The Balaban J connectivity index is 1.48. The van der Waals surface area contributed by atoms with Crippen LogP contribution in [0, 0.1) is 17.8 Å². The number of benzene rings is 4. The SMILES string of the molecule is C=CCOC12Oc3ccc(Oc4ccc(OC)c(C=O)c4)cc3C3C(CCCCO)C(CCCCO)C=C(C(=NOC(C)(C)C)CC1N(Cc1cccc4ccccc14)C(=O)OCCCl)C32. The van der Waals surface area contributed by atoms with Crippen LogP contribution in [0.3, 0.4) is 0 Å². The molecule has 7 rings (SSSR count). The maximum atomic E-state index is 14.8. The van der Waals surface area contributed by atoms with Gasteiger partial charge in [0, 0.05) is 31.1 Å². The van der Waals surface area contributed by atoms with Crippen LogP contribution in [0.4, 0.5) is 4.79 Å². The quantitative estimate of drug-likeness (QED) is 0.0272. The van der Waals surface area contributed by atoms with E-state index in [0.717, 1.165) is 59.4 Å². The summed E-state index contributed by atoms with van der Waals surface area (Å²) in [5, 5.41) is 27.0. The summed E-state index contributed by atoms with van der Waals surface area (Å²) >= 11 is 6.17. The molecule has 0 spiro atoms. The first-order chi connectivity index (χ1) is 32.0. The summed E-state index contributed by atoms with van der Waals surface area (Å²) in [5.74, 6) is -0.297. The average molecular weight is 924 g/mol. The van der Waals surface area contributed by atoms with Crippen LogP contribution in [0.1, 0.15) is 93.1 Å². The van der Waals surface area contributed by atoms with Crippen molar-refractivity contribution in [1.82, 2.24) is 4.90 Å². The molecule has 0 aromatic heterocycles. The van der Waals surface area contributed by atoms with E-state index >= 15 is 0 Å². The number of amides is 1. The van der Waals surface area contributed by atoms with Crippen LogP contribution in [-0.4, -0.2) is 90.1 Å². The molecular weight excluding hydrogens is 860 g/mol. The second-order valence-corrected chi connectivity index (χ2v) is 18.5. The predicted molar refractivity (Wildman–Crippen MR) is 256 cm³/mol. The van der Waals surface area contributed by atoms with Gasteiger partial charge in [-0.25, -0.2) is 4.79 Å². The molecule has 4 aromatic rings. The summed E-state index contributed by atoms with van der Waals surface area (Å²) < 4.78 is 32.4. The zero-order valence-corrected chi connectivity index (χ0v) is 39.2. The molecule has 1 fully saturated rings. The van der Waals surface area contributed by atoms with Crippen molar-refractivity contribution in [2.45, 2.75) is 95.6 Å². The zero-order chi connectivity index (χ0) is 46.8. The summed E-state index contributed by atoms with van der Waals surface area (Å²) in [7, 11) is 1.51. The summed E-state index contributed by atoms with van der Waals surface area (Å²) in [6, 6.07) is 24.1. The molecule has 6 unspecified atom stereocenters. The van der Waals surface area contributed by atoms with Crippen LogP contribution < -0.4 is 14.2 Å². The van der Waals surface area contributed by atoms with E-state index in [1.807, 2.05) is 81.4 Å². The summed E-state index contributed by atoms with van der Waals surface area (Å²) in [6.45, 7) is 10.3. The third-order valence-electron chi connectivity index (χ3n) is 12.8. The number of fused-ring (bicyclic) bond motifs is 3. The van der Waals surface area contributed by atoms with E-state index in [4.69, 9.17) is 45.3 Å². The van der Waals surface area contributed by atoms with Crippen molar-refractivity contribution < 1.29 is 48.3 Å². The monoisotopic (exact) mass is 922 g/mol. The number of aldehydes is 1. The third-order valence-corrected chi connectivity index (χ3v) is 12.9. The lowest BCUT2D eigenvalue weighted by Gasteiger charge is -2.60. The number of halogens is 1. The molecule has 2 N–H and O–H groups in total. The van der Waals surface area contributed by atoms with Crippen LogP contribution in [0.25, 0.3) is 10.8 Å². The van der Waals surface area contributed by atoms with Crippen LogP contribution in [0.5, 0.6) is 23.0 Å². The van der Waals surface area contributed by atoms with E-state index in [9.17, 15) is 19.8 Å². The van der Waals surface area contributed by atoms with Crippen molar-refractivity contribution in [2.75, 3.05) is 39.4 Å². The van der Waals surface area contributed by atoms with Gasteiger partial charge in [-0.1, -0.05) is 72.6 Å². The predicted octanol–water partition coefficient (Wildman–Crippen LogP) is 10.8. The molecular formula is C53H63ClN2O10. The van der Waals surface area contributed by atoms with Gasteiger partial charge >= 0.3 is 6.09 Å². The maximum absolute atomic E-state index is 14.8. The number of carbonyl (C=O) groups is 2. The number of rotatable bonds is 21. The number of unbranched alkanes of at least 4 members (excludes halogenated alkanes) is 2. The van der Waals surface area contributed by atoms with E-state index in [0.29, 0.717) is 47.1 Å². The second-order valence-electron chi connectivity index (χ2n) is 18.2. The highest BCUT2D eigenvalue weighted by molar-refractivity contribution is 6.18. The molecule has 3 aliphatic rings. The molecule has 2 aliphatic carbocycles. The topological polar surface area (TPSA) is 146 Å². The first-order valence-electron chi connectivity index (χ1n) is 23.0. The highest BCUT2D eigenvalue weighted by atomic mass is 35.5. The highest BCUT2D eigenvalue weighted by Crippen LogP contribution is 2.62. The van der Waals surface area contributed by atoms with Crippen molar-refractivity contribution in [3.8, 4) is 23.0 Å². The Labute approximate surface area is 393 Å². The number of allylic oxidation sites excluding steroid dienone is 1. The molecule has 12 nitrogen and oxygen atoms in total. The number of aliphatic hydroxyl groups excluding tert-OH is 2. The smallest absolute Gasteiger partial charge is 0.410 e. The number of hydrogen-bond acceptors (Lipinski definition) is 11. The van der Waals surface area contributed by atoms with Crippen molar-refractivity contribution in [3.63, 3.8) is 0 Å². The van der Waals surface area contributed by atoms with Crippen molar-refractivity contribution in [3.05, 3.63) is 120 Å². The lowest BCUT2D eigenvalue weighted by atomic mass is 9.55. The van der Waals surface area contributed by atoms with Gasteiger partial charge in [-0.2, -0.15) is 0 Å². The van der Waals surface area contributed by atoms with Crippen molar-refractivity contribution >= 4 is 40.5 Å². The van der Waals surface area contributed by atoms with Crippen molar-refractivity contribution in [2.24, 2.45) is 22.9 Å². The largest absolute Gasteiger partial charge is 0.496 e. The zero-order valence-electron chi connectivity index (χ0n) is 38.5. The number of alkyl halides is 1. The normalized spacial score (nSPS) is 22.6. The van der Waals surface area contributed by atoms with Crippen LogP contribution >= 0.6 is 11.6 Å². The Morgan fingerprint density at radius 1 is 0.985 bits per heavy atom. The fourth-order valence-corrected chi connectivity index (χ4v) is 10.1. The molecule has 1 aliphatic heterocycles. The highest BCUT2D eigenvalue weighted by Gasteiger charge is 2.66. The van der Waals surface area contributed by atoms with E-state index in [-0.39, 0.29) is 63.0 Å². The number of ether oxygens (including phenoxy) is 5. The minimum absolute atomic E-state index is 0.0115. The fourth-order valence-electron chi connectivity index (χ4n) is 10.0. The molecule has 352 valence electrons. The molecule has 1 amide bonds. The molecule has 0 saturated heterocycles. The van der Waals surface area contributed by atoms with Gasteiger partial charge in [-0.15, -0.1) is 18.2 Å². The van der Waals surface area contributed by atoms with Gasteiger partial charge in [0.05, 0.1) is 43.3 Å². The van der Waals surface area contributed by atoms with E-state index in [1.165, 1.54) is 7.11 Å². The molecule has 13 heteroatoms.